The van der Waals surface area contributed by atoms with E-state index >= 15 is 0 Å². The molecule has 0 unspecified atom stereocenters. The molecule has 0 spiro atoms. The number of carbonyl (C=O) groups is 4. The van der Waals surface area contributed by atoms with Gasteiger partial charge in [0.15, 0.2) is 23.1 Å². The highest BCUT2D eigenvalue weighted by atomic mass is 16.2. The largest absolute Gasteiger partial charge is 0.288 e. The summed E-state index contributed by atoms with van der Waals surface area (Å²) in [5.41, 5.74) is 4.84. The summed E-state index contributed by atoms with van der Waals surface area (Å²) >= 11 is 0. The summed E-state index contributed by atoms with van der Waals surface area (Å²) in [4.78, 5) is 57.3. The van der Waals surface area contributed by atoms with Crippen LogP contribution >= 0.6 is 0 Å². The predicted octanol–water partition coefficient (Wildman–Crippen LogP) is 7.67. The lowest BCUT2D eigenvalue weighted by atomic mass is 9.81. The fourth-order valence-electron chi connectivity index (χ4n) is 5.45. The summed E-state index contributed by atoms with van der Waals surface area (Å²) in [6.07, 6.45) is 0. The predicted molar refractivity (Wildman–Crippen MR) is 159 cm³/mol. The van der Waals surface area contributed by atoms with E-state index in [1.54, 1.807) is 88.4 Å². The molecule has 0 atom stereocenters. The lowest BCUT2D eigenvalue weighted by molar-refractivity contribution is 0.0907. The molecule has 0 N–H and O–H groups in total. The molecule has 0 saturated heterocycles. The van der Waals surface area contributed by atoms with Crippen LogP contribution in [0.5, 0.6) is 0 Å². The molecule has 0 aliphatic carbocycles. The Morgan fingerprint density at radius 1 is 0.400 bits per heavy atom. The van der Waals surface area contributed by atoms with Crippen LogP contribution in [0.15, 0.2) is 96.1 Å². The van der Waals surface area contributed by atoms with Crippen molar-refractivity contribution < 1.29 is 19.2 Å². The Kier molecular flexibility index (Phi) is 8.20. The Hall–Kier alpha value is -4.70. The van der Waals surface area contributed by atoms with E-state index in [4.69, 9.17) is 0 Å². The van der Waals surface area contributed by atoms with Crippen LogP contribution in [0.25, 0.3) is 0 Å². The number of hydrogen-bond acceptors (Lipinski definition) is 4. The summed E-state index contributed by atoms with van der Waals surface area (Å²) in [5, 5.41) is 0. The maximum atomic E-state index is 14.5. The van der Waals surface area contributed by atoms with Gasteiger partial charge in [-0.25, -0.2) is 0 Å². The van der Waals surface area contributed by atoms with Gasteiger partial charge in [-0.1, -0.05) is 96.1 Å². The number of ketones is 4. The van der Waals surface area contributed by atoms with Crippen molar-refractivity contribution in [1.29, 1.82) is 0 Å². The van der Waals surface area contributed by atoms with E-state index in [9.17, 15) is 19.2 Å². The smallest absolute Gasteiger partial charge is 0.198 e. The number of benzene rings is 4. The first kappa shape index (κ1) is 28.3. The second kappa shape index (κ2) is 11.6. The number of aryl methyl sites for hydroxylation is 6. The minimum atomic E-state index is -0.667. The molecule has 0 aliphatic rings. The van der Waals surface area contributed by atoms with Crippen molar-refractivity contribution in [3.63, 3.8) is 0 Å². The Labute approximate surface area is 235 Å². The monoisotopic (exact) mass is 528 g/mol. The molecule has 0 amide bonds. The van der Waals surface area contributed by atoms with Crippen molar-refractivity contribution in [2.45, 2.75) is 41.5 Å². The topological polar surface area (TPSA) is 68.3 Å². The van der Waals surface area contributed by atoms with Crippen molar-refractivity contribution in [2.24, 2.45) is 0 Å². The third-order valence-corrected chi connectivity index (χ3v) is 7.04. The molecule has 4 nitrogen and oxygen atoms in total. The SMILES string of the molecule is Cc1cc(C)c(C(=O)/C(C(=O)c2ccccc2)=C(\C(=O)c2ccccc2)C(=O)c2c(C)cc(C)cc2C)c(C)c1. The fraction of sp³-hybridized carbons (Fsp3) is 0.167. The van der Waals surface area contributed by atoms with Gasteiger partial charge in [0.2, 0.25) is 0 Å². The first-order valence-corrected chi connectivity index (χ1v) is 13.2. The highest BCUT2D eigenvalue weighted by Crippen LogP contribution is 2.29. The van der Waals surface area contributed by atoms with E-state index in [-0.39, 0.29) is 11.1 Å². The van der Waals surface area contributed by atoms with E-state index in [1.807, 2.05) is 38.1 Å². The molecule has 0 aromatic heterocycles. The van der Waals surface area contributed by atoms with Gasteiger partial charge in [0, 0.05) is 22.3 Å². The van der Waals surface area contributed by atoms with Crippen molar-refractivity contribution >= 4 is 23.1 Å². The molecule has 200 valence electrons. The van der Waals surface area contributed by atoms with Gasteiger partial charge in [-0.05, 0) is 63.8 Å². The van der Waals surface area contributed by atoms with E-state index < -0.39 is 34.3 Å². The zero-order chi connectivity index (χ0) is 29.1. The van der Waals surface area contributed by atoms with E-state index in [1.165, 1.54) is 0 Å². The van der Waals surface area contributed by atoms with Crippen LogP contribution in [0.1, 0.15) is 74.8 Å². The lowest BCUT2D eigenvalue weighted by Crippen LogP contribution is -2.26. The van der Waals surface area contributed by atoms with Crippen LogP contribution < -0.4 is 0 Å². The number of Topliss-reactive ketones (excluding diaryl/α,β-unsaturated/α-hetero) is 4. The minimum Gasteiger partial charge on any atom is -0.288 e. The fourth-order valence-corrected chi connectivity index (χ4v) is 5.45. The summed E-state index contributed by atoms with van der Waals surface area (Å²) in [6, 6.07) is 24.1. The van der Waals surface area contributed by atoms with Crippen LogP contribution in [0, 0.1) is 41.5 Å². The number of hydrogen-bond donors (Lipinski definition) is 0. The molecule has 40 heavy (non-hydrogen) atoms. The van der Waals surface area contributed by atoms with Crippen molar-refractivity contribution in [3.05, 3.63) is 152 Å². The molecular weight excluding hydrogens is 496 g/mol. The number of carbonyl (C=O) groups excluding carboxylic acids is 4. The average molecular weight is 529 g/mol. The molecule has 4 rings (SSSR count). The molecule has 0 radical (unpaired) electrons. The summed E-state index contributed by atoms with van der Waals surface area (Å²) in [5.74, 6) is -2.61. The average Bonchev–Trinajstić information content (AvgIpc) is 2.90. The van der Waals surface area contributed by atoms with Crippen LogP contribution in [0.3, 0.4) is 0 Å². The van der Waals surface area contributed by atoms with E-state index in [2.05, 4.69) is 0 Å². The lowest BCUT2D eigenvalue weighted by Gasteiger charge is -2.18. The third kappa shape index (κ3) is 5.52. The Morgan fingerprint density at radius 3 is 0.950 bits per heavy atom. The first-order chi connectivity index (χ1) is 19.0. The van der Waals surface area contributed by atoms with Crippen molar-refractivity contribution in [3.8, 4) is 0 Å². The zero-order valence-corrected chi connectivity index (χ0v) is 23.7. The molecule has 0 saturated carbocycles. The molecule has 0 fully saturated rings. The minimum absolute atomic E-state index is 0.219. The molecule has 0 aliphatic heterocycles. The molecule has 4 heteroatoms. The van der Waals surface area contributed by atoms with Gasteiger partial charge in [0.1, 0.15) is 0 Å². The molecular formula is C36H32O4. The zero-order valence-electron chi connectivity index (χ0n) is 23.7. The van der Waals surface area contributed by atoms with Crippen molar-refractivity contribution in [2.75, 3.05) is 0 Å². The van der Waals surface area contributed by atoms with Gasteiger partial charge in [-0.15, -0.1) is 0 Å². The summed E-state index contributed by atoms with van der Waals surface area (Å²) in [7, 11) is 0. The highest BCUT2D eigenvalue weighted by molar-refractivity contribution is 6.43. The normalized spacial score (nSPS) is 11.6. The van der Waals surface area contributed by atoms with Crippen LogP contribution in [-0.4, -0.2) is 23.1 Å². The second-order valence-electron chi connectivity index (χ2n) is 10.3. The van der Waals surface area contributed by atoms with E-state index in [0.717, 1.165) is 11.1 Å². The molecule has 4 aromatic rings. The maximum absolute atomic E-state index is 14.5. The highest BCUT2D eigenvalue weighted by Gasteiger charge is 2.35. The Bertz CT molecular complexity index is 1520. The number of rotatable bonds is 8. The standard InChI is InChI=1S/C36H32O4/c1-21-17-23(3)29(24(4)18-21)35(39)31(33(37)27-13-9-7-10-14-27)32(34(38)28-15-11-8-12-16-28)36(40)30-25(5)19-22(2)20-26(30)6/h7-20H,1-6H3/b32-31+. The Morgan fingerprint density at radius 2 is 0.675 bits per heavy atom. The van der Waals surface area contributed by atoms with Gasteiger partial charge < -0.3 is 0 Å². The first-order valence-electron chi connectivity index (χ1n) is 13.2. The molecule has 4 aromatic carbocycles. The second-order valence-corrected chi connectivity index (χ2v) is 10.3. The summed E-state index contributed by atoms with van der Waals surface area (Å²) in [6.45, 7) is 11.0. The summed E-state index contributed by atoms with van der Waals surface area (Å²) < 4.78 is 0. The quantitative estimate of drug-likeness (QED) is 0.102. The van der Waals surface area contributed by atoms with Crippen molar-refractivity contribution in [1.82, 2.24) is 0 Å². The van der Waals surface area contributed by atoms with Crippen LogP contribution in [-0.2, 0) is 0 Å². The van der Waals surface area contributed by atoms with E-state index in [0.29, 0.717) is 33.4 Å². The van der Waals surface area contributed by atoms with Gasteiger partial charge in [-0.3, -0.25) is 19.2 Å². The van der Waals surface area contributed by atoms with Crippen LogP contribution in [0.2, 0.25) is 0 Å². The molecule has 0 heterocycles. The molecule has 0 bridgehead atoms. The Balaban J connectivity index is 2.13. The van der Waals surface area contributed by atoms with Gasteiger partial charge in [0.25, 0.3) is 0 Å². The third-order valence-electron chi connectivity index (χ3n) is 7.04. The van der Waals surface area contributed by atoms with Gasteiger partial charge >= 0.3 is 0 Å². The van der Waals surface area contributed by atoms with Gasteiger partial charge in [0.05, 0.1) is 11.1 Å². The maximum Gasteiger partial charge on any atom is 0.198 e. The van der Waals surface area contributed by atoms with Gasteiger partial charge in [-0.2, -0.15) is 0 Å². The number of allylic oxidation sites excluding steroid dienone is 2. The van der Waals surface area contributed by atoms with Crippen LogP contribution in [0.4, 0.5) is 0 Å².